The monoisotopic (exact) mass is 223 g/mol. The molecular formula is C7H10ClNO3S. The lowest BCUT2D eigenvalue weighted by atomic mass is 10.3. The highest BCUT2D eigenvalue weighted by Crippen LogP contribution is 2.19. The largest absolute Gasteiger partial charge is 0.480 e. The van der Waals surface area contributed by atoms with Crippen molar-refractivity contribution in [3.05, 3.63) is 0 Å². The van der Waals surface area contributed by atoms with Crippen molar-refractivity contribution in [1.82, 2.24) is 4.90 Å². The van der Waals surface area contributed by atoms with Gasteiger partial charge in [0, 0.05) is 18.7 Å². The van der Waals surface area contributed by atoms with Crippen molar-refractivity contribution < 1.29 is 14.7 Å². The van der Waals surface area contributed by atoms with Crippen LogP contribution in [0.15, 0.2) is 0 Å². The number of nitrogens with zero attached hydrogens (tertiary/aromatic N) is 1. The summed E-state index contributed by atoms with van der Waals surface area (Å²) in [7, 11) is 0. The Balaban J connectivity index is 2.69. The molecule has 0 radical (unpaired) electrons. The molecule has 1 amide bonds. The molecule has 0 saturated carbocycles. The second kappa shape index (κ2) is 4.19. The van der Waals surface area contributed by atoms with Gasteiger partial charge in [0.2, 0.25) is 5.91 Å². The summed E-state index contributed by atoms with van der Waals surface area (Å²) in [5, 5.41) is 8.48. The number of carbonyl (C=O) groups excluding carboxylic acids is 1. The maximum absolute atomic E-state index is 11.2. The highest BCUT2D eigenvalue weighted by Gasteiger charge is 2.35. The Kier molecular flexibility index (Phi) is 3.44. The third-order valence-electron chi connectivity index (χ3n) is 1.95. The van der Waals surface area contributed by atoms with E-state index in [0.29, 0.717) is 6.54 Å². The summed E-state index contributed by atoms with van der Waals surface area (Å²) < 4.78 is 0. The number of amides is 1. The van der Waals surface area contributed by atoms with Crippen molar-refractivity contribution in [3.8, 4) is 0 Å². The summed E-state index contributed by atoms with van der Waals surface area (Å²) in [4.78, 5) is 23.2. The summed E-state index contributed by atoms with van der Waals surface area (Å²) in [5.74, 6) is -1.12. The molecule has 1 N–H and O–H groups in total. The van der Waals surface area contributed by atoms with Gasteiger partial charge in [0.25, 0.3) is 0 Å². The summed E-state index contributed by atoms with van der Waals surface area (Å²) in [6, 6.07) is -0.848. The fourth-order valence-corrected chi connectivity index (χ4v) is 1.93. The molecule has 0 aliphatic carbocycles. The van der Waals surface area contributed by atoms with Gasteiger partial charge in [-0.1, -0.05) is 0 Å². The first-order valence-corrected chi connectivity index (χ1v) is 4.90. The quantitative estimate of drug-likeness (QED) is 0.531. The molecule has 2 atom stereocenters. The number of thiol groups is 1. The van der Waals surface area contributed by atoms with E-state index in [1.165, 1.54) is 4.90 Å². The molecule has 1 unspecified atom stereocenters. The van der Waals surface area contributed by atoms with Gasteiger partial charge >= 0.3 is 5.97 Å². The lowest BCUT2D eigenvalue weighted by Gasteiger charge is -2.22. The molecule has 0 aromatic carbocycles. The fraction of sp³-hybridized carbons (Fsp3) is 0.714. The van der Waals surface area contributed by atoms with E-state index in [1.54, 1.807) is 0 Å². The summed E-state index contributed by atoms with van der Waals surface area (Å²) in [6.45, 7) is 0.303. The summed E-state index contributed by atoms with van der Waals surface area (Å²) in [6.07, 6.45) is 0.221. The molecule has 1 heterocycles. The number of carboxylic acid groups (broad SMARTS) is 1. The van der Waals surface area contributed by atoms with Crippen molar-refractivity contribution in [2.24, 2.45) is 0 Å². The smallest absolute Gasteiger partial charge is 0.327 e. The standard InChI is InChI=1S/C7H10ClNO3S/c8-4-1-6(10)9(2-4)5(3-13)7(11)12/h4-5,13H,1-3H2,(H,11,12)/t4?,5-/m0/s1. The van der Waals surface area contributed by atoms with Crippen LogP contribution in [-0.4, -0.2) is 45.6 Å². The molecule has 4 nitrogen and oxygen atoms in total. The van der Waals surface area contributed by atoms with Crippen LogP contribution < -0.4 is 0 Å². The number of hydrogen-bond acceptors (Lipinski definition) is 3. The first-order chi connectivity index (χ1) is 6.06. The van der Waals surface area contributed by atoms with Gasteiger partial charge in [-0.3, -0.25) is 4.79 Å². The summed E-state index contributed by atoms with van der Waals surface area (Å²) >= 11 is 9.61. The van der Waals surface area contributed by atoms with E-state index in [9.17, 15) is 9.59 Å². The Morgan fingerprint density at radius 2 is 2.46 bits per heavy atom. The average molecular weight is 224 g/mol. The molecule has 1 fully saturated rings. The van der Waals surface area contributed by atoms with Gasteiger partial charge < -0.3 is 10.0 Å². The van der Waals surface area contributed by atoms with Crippen molar-refractivity contribution in [3.63, 3.8) is 0 Å². The number of alkyl halides is 1. The second-order valence-electron chi connectivity index (χ2n) is 2.88. The zero-order valence-corrected chi connectivity index (χ0v) is 8.46. The van der Waals surface area contributed by atoms with Gasteiger partial charge in [-0.25, -0.2) is 4.79 Å². The number of aliphatic carboxylic acids is 1. The highest BCUT2D eigenvalue weighted by atomic mass is 35.5. The predicted octanol–water partition coefficient (Wildman–Crippen LogP) is 0.209. The Bertz CT molecular complexity index is 236. The zero-order valence-electron chi connectivity index (χ0n) is 6.81. The van der Waals surface area contributed by atoms with Gasteiger partial charge in [0.1, 0.15) is 6.04 Å². The molecule has 0 bridgehead atoms. The minimum Gasteiger partial charge on any atom is -0.480 e. The minimum absolute atomic E-state index is 0.116. The number of likely N-dealkylation sites (tertiary alicyclic amines) is 1. The Labute approximate surface area is 86.3 Å². The molecule has 1 saturated heterocycles. The lowest BCUT2D eigenvalue weighted by molar-refractivity contribution is -0.147. The van der Waals surface area contributed by atoms with Crippen molar-refractivity contribution >= 4 is 36.1 Å². The van der Waals surface area contributed by atoms with Gasteiger partial charge in [0.05, 0.1) is 5.38 Å². The molecule has 1 aliphatic heterocycles. The molecule has 6 heteroatoms. The van der Waals surface area contributed by atoms with Crippen LogP contribution in [0, 0.1) is 0 Å². The van der Waals surface area contributed by atoms with E-state index in [0.717, 1.165) is 0 Å². The average Bonchev–Trinajstić information content (AvgIpc) is 2.31. The van der Waals surface area contributed by atoms with E-state index in [2.05, 4.69) is 12.6 Å². The van der Waals surface area contributed by atoms with Gasteiger partial charge in [-0.15, -0.1) is 11.6 Å². The normalized spacial score (nSPS) is 24.9. The van der Waals surface area contributed by atoms with E-state index in [1.807, 2.05) is 0 Å². The first kappa shape index (κ1) is 10.7. The van der Waals surface area contributed by atoms with Gasteiger partial charge in [-0.2, -0.15) is 12.6 Å². The van der Waals surface area contributed by atoms with E-state index < -0.39 is 12.0 Å². The molecule has 0 aromatic rings. The molecule has 0 aromatic heterocycles. The maximum atomic E-state index is 11.2. The molecule has 13 heavy (non-hydrogen) atoms. The number of carbonyl (C=O) groups is 2. The summed E-state index contributed by atoms with van der Waals surface area (Å²) in [5.41, 5.74) is 0. The second-order valence-corrected chi connectivity index (χ2v) is 3.87. The molecular weight excluding hydrogens is 214 g/mol. The van der Waals surface area contributed by atoms with Crippen LogP contribution in [0.2, 0.25) is 0 Å². The maximum Gasteiger partial charge on any atom is 0.327 e. The van der Waals surface area contributed by atoms with Gasteiger partial charge in [0.15, 0.2) is 0 Å². The van der Waals surface area contributed by atoms with Crippen molar-refractivity contribution in [2.45, 2.75) is 17.8 Å². The van der Waals surface area contributed by atoms with Crippen molar-refractivity contribution in [2.75, 3.05) is 12.3 Å². The number of carboxylic acids is 1. The van der Waals surface area contributed by atoms with E-state index in [4.69, 9.17) is 16.7 Å². The van der Waals surface area contributed by atoms with Gasteiger partial charge in [-0.05, 0) is 0 Å². The highest BCUT2D eigenvalue weighted by molar-refractivity contribution is 7.80. The fourth-order valence-electron chi connectivity index (χ4n) is 1.30. The molecule has 1 rings (SSSR count). The Morgan fingerprint density at radius 1 is 1.85 bits per heavy atom. The third-order valence-corrected chi connectivity index (χ3v) is 2.58. The molecule has 1 aliphatic rings. The van der Waals surface area contributed by atoms with Crippen LogP contribution in [0.4, 0.5) is 0 Å². The van der Waals surface area contributed by atoms with E-state index >= 15 is 0 Å². The van der Waals surface area contributed by atoms with Crippen LogP contribution in [0.25, 0.3) is 0 Å². The van der Waals surface area contributed by atoms with Crippen LogP contribution in [0.3, 0.4) is 0 Å². The lowest BCUT2D eigenvalue weighted by Crippen LogP contribution is -2.43. The van der Waals surface area contributed by atoms with Crippen LogP contribution >= 0.6 is 24.2 Å². The zero-order chi connectivity index (χ0) is 10.0. The van der Waals surface area contributed by atoms with Crippen LogP contribution in [-0.2, 0) is 9.59 Å². The van der Waals surface area contributed by atoms with Crippen LogP contribution in [0.1, 0.15) is 6.42 Å². The predicted molar refractivity (Wildman–Crippen MR) is 51.2 cm³/mol. The molecule has 0 spiro atoms. The number of hydrogen-bond donors (Lipinski definition) is 2. The van der Waals surface area contributed by atoms with E-state index in [-0.39, 0.29) is 23.5 Å². The molecule has 74 valence electrons. The Hall–Kier alpha value is -0.420. The number of rotatable bonds is 3. The Morgan fingerprint density at radius 3 is 2.77 bits per heavy atom. The van der Waals surface area contributed by atoms with Crippen LogP contribution in [0.5, 0.6) is 0 Å². The SMILES string of the molecule is O=C(O)[C@H](CS)N1CC(Cl)CC1=O. The topological polar surface area (TPSA) is 57.6 Å². The van der Waals surface area contributed by atoms with Crippen molar-refractivity contribution in [1.29, 1.82) is 0 Å². The third kappa shape index (κ3) is 2.28. The first-order valence-electron chi connectivity index (χ1n) is 3.83. The minimum atomic E-state index is -1.03. The number of halogens is 1.